The summed E-state index contributed by atoms with van der Waals surface area (Å²) in [5, 5.41) is 36.9. The van der Waals surface area contributed by atoms with Gasteiger partial charge in [0.25, 0.3) is 5.69 Å². The number of carboxylic acids is 2. The summed E-state index contributed by atoms with van der Waals surface area (Å²) in [4.78, 5) is 30.6. The maximum absolute atomic E-state index is 10.6. The minimum atomic E-state index is -1.71. The zero-order chi connectivity index (χ0) is 12.5. The van der Waals surface area contributed by atoms with E-state index in [0.717, 1.165) is 0 Å². The molecule has 0 amide bonds. The van der Waals surface area contributed by atoms with Gasteiger partial charge in [-0.2, -0.15) is 0 Å². The third-order valence-corrected chi connectivity index (χ3v) is 1.75. The van der Waals surface area contributed by atoms with E-state index >= 15 is 0 Å². The van der Waals surface area contributed by atoms with E-state index in [1.165, 1.54) is 0 Å². The van der Waals surface area contributed by atoms with Gasteiger partial charge in [-0.25, -0.2) is 9.59 Å². The minimum absolute atomic E-state index is 0. The molecule has 0 atom stereocenters. The standard InChI is InChI=1S/C8H5NO7.Se/c10-5-2-3(7(11)12)1-4(9(15)16)6(5)8(13)14;/h1-2,10H,(H,11,12)(H,13,14);. The van der Waals surface area contributed by atoms with Gasteiger partial charge in [-0.15, -0.1) is 0 Å². The number of rotatable bonds is 3. The summed E-state index contributed by atoms with van der Waals surface area (Å²) in [5.74, 6) is -4.17. The normalized spacial score (nSPS) is 9.18. The van der Waals surface area contributed by atoms with Crippen molar-refractivity contribution in [3.63, 3.8) is 0 Å². The maximum atomic E-state index is 10.6. The number of aromatic carboxylic acids is 2. The molecule has 0 unspecified atom stereocenters. The van der Waals surface area contributed by atoms with Gasteiger partial charge in [-0.3, -0.25) is 10.1 Å². The molecule has 90 valence electrons. The van der Waals surface area contributed by atoms with Gasteiger partial charge in [0.05, 0.1) is 10.5 Å². The molecule has 0 spiro atoms. The zero-order valence-electron chi connectivity index (χ0n) is 7.98. The topological polar surface area (TPSA) is 138 Å². The Kier molecular flexibility index (Phi) is 4.62. The van der Waals surface area contributed by atoms with Gasteiger partial charge in [0.1, 0.15) is 5.75 Å². The van der Waals surface area contributed by atoms with Crippen molar-refractivity contribution in [1.82, 2.24) is 0 Å². The van der Waals surface area contributed by atoms with E-state index in [1.807, 2.05) is 0 Å². The van der Waals surface area contributed by atoms with Crippen LogP contribution in [-0.4, -0.2) is 49.3 Å². The Morgan fingerprint density at radius 2 is 1.71 bits per heavy atom. The average Bonchev–Trinajstić information content (AvgIpc) is 2.15. The molecular formula is C8H5NO7Se. The van der Waals surface area contributed by atoms with E-state index in [-0.39, 0.29) is 17.1 Å². The molecule has 1 aromatic carbocycles. The van der Waals surface area contributed by atoms with Gasteiger partial charge >= 0.3 is 11.9 Å². The van der Waals surface area contributed by atoms with Crippen molar-refractivity contribution < 1.29 is 29.8 Å². The van der Waals surface area contributed by atoms with Crippen LogP contribution in [0.15, 0.2) is 12.1 Å². The Bertz CT molecular complexity index is 499. The van der Waals surface area contributed by atoms with Crippen LogP contribution in [0.5, 0.6) is 5.75 Å². The van der Waals surface area contributed by atoms with Gasteiger partial charge in [0.2, 0.25) is 0 Å². The average molecular weight is 306 g/mol. The Morgan fingerprint density at radius 3 is 2.06 bits per heavy atom. The van der Waals surface area contributed by atoms with E-state index < -0.39 is 39.4 Å². The van der Waals surface area contributed by atoms with Crippen LogP contribution in [0.3, 0.4) is 0 Å². The van der Waals surface area contributed by atoms with Crippen LogP contribution in [0.2, 0.25) is 0 Å². The number of hydrogen-bond donors (Lipinski definition) is 3. The molecule has 0 bridgehead atoms. The first kappa shape index (κ1) is 14.9. The number of carboxylic acid groups (broad SMARTS) is 2. The number of nitro benzene ring substituents is 1. The molecule has 1 aromatic rings. The van der Waals surface area contributed by atoms with Crippen molar-refractivity contribution in [3.05, 3.63) is 33.4 Å². The second-order valence-electron chi connectivity index (χ2n) is 2.76. The molecular weight excluding hydrogens is 301 g/mol. The molecule has 0 heterocycles. The molecule has 0 aliphatic carbocycles. The summed E-state index contributed by atoms with van der Waals surface area (Å²) in [7, 11) is 0. The van der Waals surface area contributed by atoms with Gasteiger partial charge in [0, 0.05) is 23.1 Å². The summed E-state index contributed by atoms with van der Waals surface area (Å²) in [6.07, 6.45) is 0. The number of carbonyl (C=O) groups is 2. The molecule has 9 heteroatoms. The molecule has 3 N–H and O–H groups in total. The molecule has 1 rings (SSSR count). The fourth-order valence-electron chi connectivity index (χ4n) is 1.10. The van der Waals surface area contributed by atoms with Gasteiger partial charge in [0.15, 0.2) is 5.56 Å². The molecule has 0 saturated carbocycles. The van der Waals surface area contributed by atoms with Gasteiger partial charge in [-0.05, 0) is 6.07 Å². The quantitative estimate of drug-likeness (QED) is 0.415. The number of nitrogens with zero attached hydrogens (tertiary/aromatic N) is 1. The van der Waals surface area contributed by atoms with Crippen LogP contribution >= 0.6 is 0 Å². The Hall–Kier alpha value is -2.12. The van der Waals surface area contributed by atoms with Gasteiger partial charge < -0.3 is 15.3 Å². The summed E-state index contributed by atoms with van der Waals surface area (Å²) in [5.41, 5.74) is -2.46. The van der Waals surface area contributed by atoms with Crippen molar-refractivity contribution >= 4 is 34.7 Å². The predicted octanol–water partition coefficient (Wildman–Crippen LogP) is 0.316. The second kappa shape index (κ2) is 5.28. The van der Waals surface area contributed by atoms with Crippen molar-refractivity contribution in [2.75, 3.05) is 0 Å². The number of nitro groups is 1. The first-order valence-corrected chi connectivity index (χ1v) is 3.82. The molecule has 0 fully saturated rings. The van der Waals surface area contributed by atoms with E-state index in [0.29, 0.717) is 12.1 Å². The van der Waals surface area contributed by atoms with Crippen molar-refractivity contribution in [3.8, 4) is 5.75 Å². The Labute approximate surface area is 104 Å². The molecule has 0 saturated heterocycles. The number of benzene rings is 1. The fraction of sp³-hybridized carbons (Fsp3) is 0. The maximum Gasteiger partial charge on any atom is 0.346 e. The molecule has 0 aromatic heterocycles. The monoisotopic (exact) mass is 307 g/mol. The van der Waals surface area contributed by atoms with E-state index in [2.05, 4.69) is 0 Å². The third kappa shape index (κ3) is 2.92. The number of hydrogen-bond acceptors (Lipinski definition) is 5. The molecule has 2 radical (unpaired) electrons. The van der Waals surface area contributed by atoms with Crippen molar-refractivity contribution in [1.29, 1.82) is 0 Å². The van der Waals surface area contributed by atoms with Crippen LogP contribution in [0.4, 0.5) is 5.69 Å². The zero-order valence-corrected chi connectivity index (χ0v) is 9.70. The first-order chi connectivity index (χ1) is 7.34. The molecule has 17 heavy (non-hydrogen) atoms. The smallest absolute Gasteiger partial charge is 0.346 e. The van der Waals surface area contributed by atoms with E-state index in [1.54, 1.807) is 0 Å². The van der Waals surface area contributed by atoms with Crippen LogP contribution in [0.25, 0.3) is 0 Å². The van der Waals surface area contributed by atoms with Crippen LogP contribution < -0.4 is 0 Å². The molecule has 8 nitrogen and oxygen atoms in total. The number of phenols is 1. The third-order valence-electron chi connectivity index (χ3n) is 1.75. The van der Waals surface area contributed by atoms with E-state index in [9.17, 15) is 24.8 Å². The summed E-state index contributed by atoms with van der Waals surface area (Å²) in [6.45, 7) is 0. The Balaban J connectivity index is 0.00000256. The molecule has 0 aliphatic rings. The summed E-state index contributed by atoms with van der Waals surface area (Å²) < 4.78 is 0. The largest absolute Gasteiger partial charge is 0.507 e. The first-order valence-electron chi connectivity index (χ1n) is 3.82. The summed E-state index contributed by atoms with van der Waals surface area (Å²) >= 11 is 0. The van der Waals surface area contributed by atoms with Gasteiger partial charge in [-0.1, -0.05) is 0 Å². The summed E-state index contributed by atoms with van der Waals surface area (Å²) in [6, 6.07) is 1.21. The van der Waals surface area contributed by atoms with Crippen molar-refractivity contribution in [2.24, 2.45) is 0 Å². The van der Waals surface area contributed by atoms with Crippen LogP contribution in [-0.2, 0) is 0 Å². The Morgan fingerprint density at radius 1 is 1.18 bits per heavy atom. The van der Waals surface area contributed by atoms with E-state index in [4.69, 9.17) is 10.2 Å². The second-order valence-corrected chi connectivity index (χ2v) is 2.76. The fourth-order valence-corrected chi connectivity index (χ4v) is 1.10. The molecule has 0 aliphatic heterocycles. The SMILES string of the molecule is O=C(O)c1cc(O)c(C(=O)O)c([N+](=O)[O-])c1.[Se]. The van der Waals surface area contributed by atoms with Crippen LogP contribution in [0, 0.1) is 10.1 Å². The van der Waals surface area contributed by atoms with Crippen molar-refractivity contribution in [2.45, 2.75) is 0 Å². The van der Waals surface area contributed by atoms with Crippen LogP contribution in [0.1, 0.15) is 20.7 Å². The number of aromatic hydroxyl groups is 1. The predicted molar refractivity (Wildman–Crippen MR) is 54.4 cm³/mol. The minimum Gasteiger partial charge on any atom is -0.507 e.